The Bertz CT molecular complexity index is 1360. The van der Waals surface area contributed by atoms with Gasteiger partial charge in [0.05, 0.1) is 18.8 Å². The predicted molar refractivity (Wildman–Crippen MR) is 137 cm³/mol. The number of phosphoric ester groups is 1. The van der Waals surface area contributed by atoms with E-state index >= 15 is 0 Å². The van der Waals surface area contributed by atoms with Crippen molar-refractivity contribution in [2.24, 2.45) is 0 Å². The highest BCUT2D eigenvalue weighted by Gasteiger charge is 2.26. The summed E-state index contributed by atoms with van der Waals surface area (Å²) < 4.78 is 47.9. The maximum atomic E-state index is 14.0. The Morgan fingerprint density at radius 3 is 2.54 bits per heavy atom. The lowest BCUT2D eigenvalue weighted by Gasteiger charge is -2.29. The van der Waals surface area contributed by atoms with Crippen LogP contribution in [0.25, 0.3) is 10.8 Å². The van der Waals surface area contributed by atoms with E-state index in [2.05, 4.69) is 14.8 Å². The molecule has 0 aliphatic heterocycles. The summed E-state index contributed by atoms with van der Waals surface area (Å²) in [5.74, 6) is -2.42. The van der Waals surface area contributed by atoms with Crippen LogP contribution in [0.5, 0.6) is 0 Å². The zero-order chi connectivity index (χ0) is 28.6. The highest BCUT2D eigenvalue weighted by molar-refractivity contribution is 7.46. The van der Waals surface area contributed by atoms with E-state index in [0.717, 1.165) is 21.7 Å². The van der Waals surface area contributed by atoms with Gasteiger partial charge in [0.25, 0.3) is 0 Å². The van der Waals surface area contributed by atoms with Crippen molar-refractivity contribution in [3.8, 4) is 0 Å². The van der Waals surface area contributed by atoms with Gasteiger partial charge >= 0.3 is 13.9 Å². The summed E-state index contributed by atoms with van der Waals surface area (Å²) in [6.07, 6.45) is -1.38. The first-order valence-electron chi connectivity index (χ1n) is 11.8. The summed E-state index contributed by atoms with van der Waals surface area (Å²) in [7, 11) is -3.50. The van der Waals surface area contributed by atoms with E-state index in [0.29, 0.717) is 0 Å². The van der Waals surface area contributed by atoms with Crippen LogP contribution in [0.4, 0.5) is 19.4 Å². The number of benzene rings is 2. The second kappa shape index (κ2) is 13.5. The molecule has 0 aliphatic rings. The van der Waals surface area contributed by atoms with Crippen molar-refractivity contribution in [2.45, 2.75) is 31.4 Å². The number of nitrogens with zero attached hydrogens (tertiary/aromatic N) is 2. The zero-order valence-electron chi connectivity index (χ0n) is 20.9. The summed E-state index contributed by atoms with van der Waals surface area (Å²) in [4.78, 5) is 48.3. The lowest BCUT2D eigenvalue weighted by Crippen LogP contribution is -2.43. The van der Waals surface area contributed by atoms with Crippen molar-refractivity contribution in [3.63, 3.8) is 0 Å². The molecule has 0 spiro atoms. The van der Waals surface area contributed by atoms with Gasteiger partial charge in [0, 0.05) is 25.1 Å². The number of halogens is 2. The van der Waals surface area contributed by atoms with Gasteiger partial charge in [0.15, 0.2) is 11.6 Å². The van der Waals surface area contributed by atoms with Crippen LogP contribution in [0, 0.1) is 11.6 Å². The first-order chi connectivity index (χ1) is 18.4. The molecule has 0 bridgehead atoms. The molecule has 0 saturated carbocycles. The van der Waals surface area contributed by atoms with E-state index in [4.69, 9.17) is 14.5 Å². The van der Waals surface area contributed by atoms with Crippen LogP contribution in [-0.2, 0) is 25.0 Å². The van der Waals surface area contributed by atoms with Gasteiger partial charge in [0.2, 0.25) is 5.91 Å². The van der Waals surface area contributed by atoms with Crippen LogP contribution in [0.2, 0.25) is 0 Å². The predicted octanol–water partition coefficient (Wildman–Crippen LogP) is 3.38. The number of rotatable bonds is 12. The van der Waals surface area contributed by atoms with Crippen molar-refractivity contribution in [1.82, 2.24) is 9.88 Å². The number of aliphatic hydroxyl groups is 1. The Morgan fingerprint density at radius 1 is 1.10 bits per heavy atom. The monoisotopic (exact) mass is 567 g/mol. The lowest BCUT2D eigenvalue weighted by molar-refractivity contribution is -0.133. The number of aryl methyl sites for hydroxylation is 1. The Balaban J connectivity index is 1.64. The maximum absolute atomic E-state index is 14.0. The fourth-order valence-corrected chi connectivity index (χ4v) is 4.10. The van der Waals surface area contributed by atoms with Crippen LogP contribution in [0.1, 0.15) is 18.4 Å². The molecule has 3 rings (SSSR count). The molecule has 2 atom stereocenters. The number of carbonyl (C=O) groups is 2. The first-order valence-corrected chi connectivity index (χ1v) is 13.3. The fourth-order valence-electron chi connectivity index (χ4n) is 3.73. The molecule has 11 nitrogen and oxygen atoms in total. The van der Waals surface area contributed by atoms with Gasteiger partial charge in [-0.1, -0.05) is 36.4 Å². The third-order valence-corrected chi connectivity index (χ3v) is 6.31. The number of pyridine rings is 1. The molecule has 0 unspecified atom stereocenters. The van der Waals surface area contributed by atoms with Crippen molar-refractivity contribution in [3.05, 3.63) is 71.9 Å². The van der Waals surface area contributed by atoms with E-state index in [9.17, 15) is 28.0 Å². The topological polar surface area (TPSA) is 159 Å². The number of aromatic nitrogens is 1. The summed E-state index contributed by atoms with van der Waals surface area (Å²) >= 11 is 0. The molecule has 1 aromatic heterocycles. The van der Waals surface area contributed by atoms with Crippen LogP contribution in [-0.4, -0.2) is 69.2 Å². The van der Waals surface area contributed by atoms with Gasteiger partial charge in [-0.05, 0) is 35.9 Å². The molecule has 0 aliphatic carbocycles. The molecule has 14 heteroatoms. The summed E-state index contributed by atoms with van der Waals surface area (Å²) in [5.41, 5.74) is 0.00175. The number of phosphoric acid groups is 1. The Hall–Kier alpha value is -3.48. The molecule has 1 heterocycles. The smallest absolute Gasteiger partial charge is 0.447 e. The molecule has 39 heavy (non-hydrogen) atoms. The molecule has 210 valence electrons. The minimum atomic E-state index is -4.86. The molecule has 3 aromatic rings. The molecule has 0 saturated heterocycles. The minimum absolute atomic E-state index is 0.00175. The molecule has 4 N–H and O–H groups in total. The Kier molecular flexibility index (Phi) is 10.4. The fraction of sp³-hybridized carbons (Fsp3) is 0.320. The number of anilines is 1. The number of amides is 2. The van der Waals surface area contributed by atoms with Crippen LogP contribution < -0.4 is 5.32 Å². The number of carbonyl (C=O) groups excluding carboxylic acids is 2. The first kappa shape index (κ1) is 30.1. The summed E-state index contributed by atoms with van der Waals surface area (Å²) in [6.45, 7) is -1.16. The largest absolute Gasteiger partial charge is 0.469 e. The van der Waals surface area contributed by atoms with E-state index in [1.807, 2.05) is 24.3 Å². The highest BCUT2D eigenvalue weighted by Crippen LogP contribution is 2.36. The van der Waals surface area contributed by atoms with E-state index < -0.39 is 56.8 Å². The van der Waals surface area contributed by atoms with Gasteiger partial charge in [-0.15, -0.1) is 0 Å². The standard InChI is InChI=1S/C25H28F2N3O8P/c1-30(23(32)10-9-16-7-4-8-21(26)24(16)27)19(12-20(31)15-38-39(34,35)36)14-37-25(33)29-22-11-17-5-2-3-6-18(17)13-28-22/h2-8,11,13,19-20,31H,9-10,12,14-15H2,1H3,(H,28,29,33)(H2,34,35,36)/t19-,20-/m0/s1. The van der Waals surface area contributed by atoms with E-state index in [1.54, 1.807) is 12.3 Å². The minimum Gasteiger partial charge on any atom is -0.447 e. The van der Waals surface area contributed by atoms with Crippen LogP contribution in [0.15, 0.2) is 54.7 Å². The van der Waals surface area contributed by atoms with Gasteiger partial charge in [-0.3, -0.25) is 14.6 Å². The molecule has 2 aromatic carbocycles. The van der Waals surface area contributed by atoms with Gasteiger partial charge < -0.3 is 24.5 Å². The van der Waals surface area contributed by atoms with Crippen LogP contribution >= 0.6 is 7.82 Å². The second-order valence-corrected chi connectivity index (χ2v) is 9.93. The summed E-state index contributed by atoms with van der Waals surface area (Å²) in [6, 6.07) is 11.7. The normalized spacial score (nSPS) is 13.1. The number of hydrogen-bond acceptors (Lipinski definition) is 7. The van der Waals surface area contributed by atoms with Gasteiger partial charge in [-0.2, -0.15) is 0 Å². The Morgan fingerprint density at radius 2 is 1.82 bits per heavy atom. The molecular formula is C25H28F2N3O8P. The highest BCUT2D eigenvalue weighted by atomic mass is 31.2. The number of fused-ring (bicyclic) bond motifs is 1. The molecule has 0 fully saturated rings. The van der Waals surface area contributed by atoms with E-state index in [1.165, 1.54) is 19.2 Å². The van der Waals surface area contributed by atoms with Crippen molar-refractivity contribution in [1.29, 1.82) is 0 Å². The molecular weight excluding hydrogens is 539 g/mol. The quantitative estimate of drug-likeness (QED) is 0.241. The SMILES string of the molecule is CN(C(=O)CCc1cccc(F)c1F)[C@H](COC(=O)Nc1cc2ccccc2cn1)C[C@H](O)COP(=O)(O)O. The van der Waals surface area contributed by atoms with Crippen molar-refractivity contribution < 1.29 is 47.1 Å². The third-order valence-electron chi connectivity index (χ3n) is 5.83. The average molecular weight is 567 g/mol. The van der Waals surface area contributed by atoms with E-state index in [-0.39, 0.29) is 30.6 Å². The number of hydrogen-bond donors (Lipinski definition) is 4. The number of ether oxygens (including phenoxy) is 1. The number of aliphatic hydroxyl groups excluding tert-OH is 1. The molecule has 0 radical (unpaired) electrons. The van der Waals surface area contributed by atoms with Crippen molar-refractivity contribution >= 4 is 36.4 Å². The van der Waals surface area contributed by atoms with Gasteiger partial charge in [-0.25, -0.2) is 23.1 Å². The number of likely N-dealkylation sites (N-methyl/N-ethyl adjacent to an activating group) is 1. The zero-order valence-corrected chi connectivity index (χ0v) is 21.8. The third kappa shape index (κ3) is 9.34. The maximum Gasteiger partial charge on any atom is 0.469 e. The number of nitrogens with one attached hydrogen (secondary N) is 1. The Labute approximate surface area is 222 Å². The lowest BCUT2D eigenvalue weighted by atomic mass is 10.1. The molecule has 2 amide bonds. The van der Waals surface area contributed by atoms with Crippen LogP contribution in [0.3, 0.4) is 0 Å². The van der Waals surface area contributed by atoms with Crippen molar-refractivity contribution in [2.75, 3.05) is 25.6 Å². The average Bonchev–Trinajstić information content (AvgIpc) is 2.89. The summed E-state index contributed by atoms with van der Waals surface area (Å²) in [5, 5.41) is 14.4. The second-order valence-electron chi connectivity index (χ2n) is 8.69. The van der Waals surface area contributed by atoms with Gasteiger partial charge in [0.1, 0.15) is 12.4 Å².